The molecule has 1 aromatic heterocycles. The zero-order valence-corrected chi connectivity index (χ0v) is 14.0. The van der Waals surface area contributed by atoms with Gasteiger partial charge in [-0.25, -0.2) is 4.98 Å². The number of hydrogen-bond acceptors (Lipinski definition) is 4. The molecule has 0 aromatic carbocycles. The Morgan fingerprint density at radius 1 is 1.39 bits per heavy atom. The lowest BCUT2D eigenvalue weighted by Crippen LogP contribution is -2.48. The van der Waals surface area contributed by atoms with Crippen LogP contribution in [0, 0.1) is 5.41 Å². The molecule has 5 nitrogen and oxygen atoms in total. The molecular formula is C18H26N2O3. The predicted octanol–water partition coefficient (Wildman–Crippen LogP) is 2.14. The lowest BCUT2D eigenvalue weighted by atomic mass is 9.77. The van der Waals surface area contributed by atoms with Gasteiger partial charge >= 0.3 is 0 Å². The lowest BCUT2D eigenvalue weighted by Gasteiger charge is -2.41. The van der Waals surface area contributed by atoms with Crippen molar-refractivity contribution in [1.29, 1.82) is 0 Å². The van der Waals surface area contributed by atoms with Crippen molar-refractivity contribution in [3.63, 3.8) is 0 Å². The summed E-state index contributed by atoms with van der Waals surface area (Å²) in [5, 5.41) is 19.1. The van der Waals surface area contributed by atoms with Crippen LogP contribution < -0.4 is 0 Å². The summed E-state index contributed by atoms with van der Waals surface area (Å²) < 4.78 is 0. The molecule has 2 N–H and O–H groups in total. The molecule has 0 aliphatic carbocycles. The Kier molecular flexibility index (Phi) is 5.91. The zero-order valence-electron chi connectivity index (χ0n) is 14.0. The molecule has 0 spiro atoms. The van der Waals surface area contributed by atoms with Crippen LogP contribution in [0.15, 0.2) is 29.8 Å². The minimum absolute atomic E-state index is 0.0741. The number of piperidine rings is 1. The van der Waals surface area contributed by atoms with E-state index in [9.17, 15) is 15.0 Å². The van der Waals surface area contributed by atoms with Crippen molar-refractivity contribution in [2.45, 2.75) is 39.7 Å². The van der Waals surface area contributed by atoms with E-state index in [1.54, 1.807) is 23.1 Å². The normalized spacial score (nSPS) is 21.1. The summed E-state index contributed by atoms with van der Waals surface area (Å²) in [6, 6.07) is 5.10. The van der Waals surface area contributed by atoms with Crippen LogP contribution in [0.4, 0.5) is 0 Å². The molecule has 1 amide bonds. The molecule has 23 heavy (non-hydrogen) atoms. The quantitative estimate of drug-likeness (QED) is 0.816. The van der Waals surface area contributed by atoms with Gasteiger partial charge in [0.2, 0.25) is 0 Å². The summed E-state index contributed by atoms with van der Waals surface area (Å²) in [5.74, 6) is -0.130. The van der Waals surface area contributed by atoms with Crippen molar-refractivity contribution in [2.24, 2.45) is 5.41 Å². The van der Waals surface area contributed by atoms with Crippen molar-refractivity contribution in [2.75, 3.05) is 19.7 Å². The van der Waals surface area contributed by atoms with Gasteiger partial charge in [0.1, 0.15) is 5.69 Å². The fourth-order valence-corrected chi connectivity index (χ4v) is 3.01. The third kappa shape index (κ3) is 4.39. The number of pyridine rings is 1. The second-order valence-corrected chi connectivity index (χ2v) is 6.65. The van der Waals surface area contributed by atoms with E-state index in [1.807, 2.05) is 13.8 Å². The number of aromatic nitrogens is 1. The van der Waals surface area contributed by atoms with Gasteiger partial charge < -0.3 is 15.1 Å². The van der Waals surface area contributed by atoms with Crippen LogP contribution in [0.1, 0.15) is 49.3 Å². The fourth-order valence-electron chi connectivity index (χ4n) is 3.01. The highest BCUT2D eigenvalue weighted by Crippen LogP contribution is 2.34. The average molecular weight is 318 g/mol. The first kappa shape index (κ1) is 17.6. The average Bonchev–Trinajstić information content (AvgIpc) is 2.59. The van der Waals surface area contributed by atoms with E-state index >= 15 is 0 Å². The van der Waals surface area contributed by atoms with Gasteiger partial charge in [0, 0.05) is 18.5 Å². The molecule has 1 fully saturated rings. The molecule has 0 bridgehead atoms. The van der Waals surface area contributed by atoms with Gasteiger partial charge in [0.15, 0.2) is 0 Å². The highest BCUT2D eigenvalue weighted by molar-refractivity contribution is 5.92. The van der Waals surface area contributed by atoms with Crippen LogP contribution in [0.2, 0.25) is 0 Å². The number of rotatable bonds is 5. The minimum Gasteiger partial charge on any atom is -0.396 e. The first-order valence-electron chi connectivity index (χ1n) is 8.10. The fraction of sp³-hybridized carbons (Fsp3) is 0.556. The minimum atomic E-state index is -0.264. The molecule has 126 valence electrons. The van der Waals surface area contributed by atoms with Crippen LogP contribution in [-0.4, -0.2) is 45.7 Å². The van der Waals surface area contributed by atoms with Gasteiger partial charge in [-0.3, -0.25) is 4.79 Å². The lowest BCUT2D eigenvalue weighted by molar-refractivity contribution is 0.0280. The van der Waals surface area contributed by atoms with Crippen molar-refractivity contribution in [3.05, 3.63) is 41.2 Å². The summed E-state index contributed by atoms with van der Waals surface area (Å²) in [6.07, 6.45) is 4.71. The van der Waals surface area contributed by atoms with E-state index in [2.05, 4.69) is 11.1 Å². The molecule has 5 heteroatoms. The van der Waals surface area contributed by atoms with Crippen molar-refractivity contribution >= 4 is 5.91 Å². The van der Waals surface area contributed by atoms with Crippen LogP contribution in [0.25, 0.3) is 0 Å². The van der Waals surface area contributed by atoms with Crippen LogP contribution >= 0.6 is 0 Å². The van der Waals surface area contributed by atoms with E-state index in [1.165, 1.54) is 5.57 Å². The number of allylic oxidation sites excluding steroid dienone is 2. The SMILES string of the molecule is CC(C)=CCC1(CO)CCCN(C(=O)c2cccc(CO)n2)C1. The van der Waals surface area contributed by atoms with Gasteiger partial charge in [0.25, 0.3) is 5.91 Å². The van der Waals surface area contributed by atoms with Gasteiger partial charge in [0.05, 0.1) is 18.9 Å². The Hall–Kier alpha value is -1.72. The van der Waals surface area contributed by atoms with Crippen LogP contribution in [0.3, 0.4) is 0 Å². The Balaban J connectivity index is 2.15. The van der Waals surface area contributed by atoms with Crippen LogP contribution in [0.5, 0.6) is 0 Å². The number of amides is 1. The summed E-state index contributed by atoms with van der Waals surface area (Å²) in [5.41, 5.74) is 1.80. The predicted molar refractivity (Wildman–Crippen MR) is 88.9 cm³/mol. The molecule has 2 heterocycles. The summed E-state index contributed by atoms with van der Waals surface area (Å²) in [6.45, 7) is 5.20. The van der Waals surface area contributed by atoms with Crippen molar-refractivity contribution in [1.82, 2.24) is 9.88 Å². The number of carbonyl (C=O) groups is 1. The Bertz CT molecular complexity index is 581. The molecule has 1 atom stereocenters. The second kappa shape index (κ2) is 7.70. The van der Waals surface area contributed by atoms with E-state index in [0.717, 1.165) is 19.3 Å². The third-order valence-corrected chi connectivity index (χ3v) is 4.42. The first-order chi connectivity index (χ1) is 11.0. The van der Waals surface area contributed by atoms with E-state index < -0.39 is 0 Å². The van der Waals surface area contributed by atoms with E-state index in [4.69, 9.17) is 0 Å². The van der Waals surface area contributed by atoms with E-state index in [0.29, 0.717) is 24.5 Å². The highest BCUT2D eigenvalue weighted by Gasteiger charge is 2.36. The molecular weight excluding hydrogens is 292 g/mol. The monoisotopic (exact) mass is 318 g/mol. The largest absolute Gasteiger partial charge is 0.396 e. The smallest absolute Gasteiger partial charge is 0.272 e. The molecule has 0 radical (unpaired) electrons. The molecule has 1 aromatic rings. The summed E-state index contributed by atoms with van der Waals surface area (Å²) in [7, 11) is 0. The number of likely N-dealkylation sites (tertiary alicyclic amines) is 1. The number of nitrogens with zero attached hydrogens (tertiary/aromatic N) is 2. The molecule has 1 aliphatic heterocycles. The molecule has 0 saturated carbocycles. The Morgan fingerprint density at radius 2 is 2.17 bits per heavy atom. The standard InChI is InChI=1S/C18H26N2O3/c1-14(2)7-9-18(13-22)8-4-10-20(12-18)17(23)16-6-3-5-15(11-21)19-16/h3,5-7,21-22H,4,8-13H2,1-2H3. The van der Waals surface area contributed by atoms with Gasteiger partial charge in [-0.1, -0.05) is 17.7 Å². The van der Waals surface area contributed by atoms with Gasteiger partial charge in [-0.05, 0) is 45.2 Å². The molecule has 2 rings (SSSR count). The summed E-state index contributed by atoms with van der Waals surface area (Å²) in [4.78, 5) is 18.7. The maximum atomic E-state index is 12.7. The van der Waals surface area contributed by atoms with E-state index in [-0.39, 0.29) is 24.5 Å². The van der Waals surface area contributed by atoms with Crippen molar-refractivity contribution < 1.29 is 15.0 Å². The highest BCUT2D eigenvalue weighted by atomic mass is 16.3. The van der Waals surface area contributed by atoms with Crippen LogP contribution in [-0.2, 0) is 6.61 Å². The first-order valence-corrected chi connectivity index (χ1v) is 8.10. The molecule has 1 unspecified atom stereocenters. The number of carbonyl (C=O) groups excluding carboxylic acids is 1. The maximum absolute atomic E-state index is 12.7. The molecule has 1 aliphatic rings. The number of hydrogen-bond donors (Lipinski definition) is 2. The van der Waals surface area contributed by atoms with Gasteiger partial charge in [-0.2, -0.15) is 0 Å². The third-order valence-electron chi connectivity index (χ3n) is 4.42. The van der Waals surface area contributed by atoms with Crippen molar-refractivity contribution in [3.8, 4) is 0 Å². The topological polar surface area (TPSA) is 73.7 Å². The zero-order chi connectivity index (χ0) is 16.9. The Labute approximate surface area is 137 Å². The maximum Gasteiger partial charge on any atom is 0.272 e. The number of aliphatic hydroxyl groups is 2. The Morgan fingerprint density at radius 3 is 2.83 bits per heavy atom. The summed E-state index contributed by atoms with van der Waals surface area (Å²) >= 11 is 0. The second-order valence-electron chi connectivity index (χ2n) is 6.65. The molecule has 1 saturated heterocycles. The number of aliphatic hydroxyl groups excluding tert-OH is 2. The van der Waals surface area contributed by atoms with Gasteiger partial charge in [-0.15, -0.1) is 0 Å².